The second-order valence-corrected chi connectivity index (χ2v) is 7.59. The summed E-state index contributed by atoms with van der Waals surface area (Å²) in [5.74, 6) is 1.62. The van der Waals surface area contributed by atoms with Crippen LogP contribution in [0, 0.1) is 12.8 Å². The monoisotopic (exact) mass is 338 g/mol. The molecular weight excluding hydrogens is 312 g/mol. The van der Waals surface area contributed by atoms with Crippen LogP contribution in [0.25, 0.3) is 10.8 Å². The third-order valence-electron chi connectivity index (χ3n) is 5.75. The van der Waals surface area contributed by atoms with Gasteiger partial charge in [0, 0.05) is 49.3 Å². The summed E-state index contributed by atoms with van der Waals surface area (Å²) in [4.78, 5) is 16.7. The Bertz CT molecular complexity index is 784. The van der Waals surface area contributed by atoms with E-state index < -0.39 is 0 Å². The van der Waals surface area contributed by atoms with E-state index in [1.54, 1.807) is 0 Å². The van der Waals surface area contributed by atoms with Gasteiger partial charge in [-0.05, 0) is 19.8 Å². The Hall–Kier alpha value is -2.17. The Morgan fingerprint density at radius 2 is 1.88 bits per heavy atom. The summed E-state index contributed by atoms with van der Waals surface area (Å²) in [6.07, 6.45) is 5.57. The Morgan fingerprint density at radius 3 is 2.64 bits per heavy atom. The van der Waals surface area contributed by atoms with Gasteiger partial charge in [-0.25, -0.2) is 0 Å². The van der Waals surface area contributed by atoms with Crippen molar-refractivity contribution in [3.05, 3.63) is 30.0 Å². The van der Waals surface area contributed by atoms with Crippen LogP contribution in [0.15, 0.2) is 24.3 Å². The lowest BCUT2D eigenvalue weighted by atomic mass is 10.1. The van der Waals surface area contributed by atoms with Gasteiger partial charge in [0.05, 0.1) is 5.69 Å². The molecule has 1 aliphatic heterocycles. The number of carbonyl (C=O) groups excluding carboxylic acids is 1. The van der Waals surface area contributed by atoms with Crippen molar-refractivity contribution in [2.45, 2.75) is 45.1 Å². The maximum atomic E-state index is 12.4. The lowest BCUT2D eigenvalue weighted by Crippen LogP contribution is -2.35. The van der Waals surface area contributed by atoms with Crippen molar-refractivity contribution < 1.29 is 4.79 Å². The first-order chi connectivity index (χ1) is 12.1. The summed E-state index contributed by atoms with van der Waals surface area (Å²) in [5, 5.41) is 11.0. The van der Waals surface area contributed by atoms with Crippen LogP contribution in [0.1, 0.15) is 37.8 Å². The predicted molar refractivity (Wildman–Crippen MR) is 99.6 cm³/mol. The molecule has 1 atom stereocenters. The van der Waals surface area contributed by atoms with Gasteiger partial charge >= 0.3 is 0 Å². The molecule has 0 N–H and O–H groups in total. The standard InChI is InChI=1S/C20H26N4O/c1-14-17-9-5-6-10-18(17)20(22-21-14)23(2)12-15-11-19(25)24(13-15)16-7-3-4-8-16/h5-6,9-10,15-16H,3-4,7-8,11-13H2,1-2H3. The summed E-state index contributed by atoms with van der Waals surface area (Å²) in [6.45, 7) is 3.73. The highest BCUT2D eigenvalue weighted by atomic mass is 16.2. The lowest BCUT2D eigenvalue weighted by molar-refractivity contribution is -0.129. The van der Waals surface area contributed by atoms with E-state index in [2.05, 4.69) is 39.2 Å². The number of amides is 1. The largest absolute Gasteiger partial charge is 0.357 e. The maximum absolute atomic E-state index is 12.4. The number of fused-ring (bicyclic) bond motifs is 1. The third-order valence-corrected chi connectivity index (χ3v) is 5.75. The molecule has 25 heavy (non-hydrogen) atoms. The molecule has 5 nitrogen and oxygen atoms in total. The highest BCUT2D eigenvalue weighted by Gasteiger charge is 2.36. The fourth-order valence-corrected chi connectivity index (χ4v) is 4.48. The van der Waals surface area contributed by atoms with Crippen LogP contribution in [0.2, 0.25) is 0 Å². The molecule has 1 aliphatic carbocycles. The fourth-order valence-electron chi connectivity index (χ4n) is 4.48. The zero-order chi connectivity index (χ0) is 17.4. The number of carbonyl (C=O) groups is 1. The smallest absolute Gasteiger partial charge is 0.223 e. The van der Waals surface area contributed by atoms with Crippen LogP contribution in [0.4, 0.5) is 5.82 Å². The Morgan fingerprint density at radius 1 is 1.16 bits per heavy atom. The number of benzene rings is 1. The molecule has 1 aromatic carbocycles. The number of hydrogen-bond donors (Lipinski definition) is 0. The van der Waals surface area contributed by atoms with Gasteiger partial charge < -0.3 is 9.80 Å². The molecule has 2 fully saturated rings. The molecule has 2 aromatic rings. The van der Waals surface area contributed by atoms with E-state index in [-0.39, 0.29) is 0 Å². The number of rotatable bonds is 4. The molecule has 1 amide bonds. The van der Waals surface area contributed by atoms with Crippen molar-refractivity contribution in [2.75, 3.05) is 25.0 Å². The topological polar surface area (TPSA) is 49.3 Å². The highest BCUT2D eigenvalue weighted by Crippen LogP contribution is 2.31. The van der Waals surface area contributed by atoms with Gasteiger partial charge in [-0.15, -0.1) is 5.10 Å². The van der Waals surface area contributed by atoms with Gasteiger partial charge in [0.25, 0.3) is 0 Å². The van der Waals surface area contributed by atoms with Crippen molar-refractivity contribution in [3.8, 4) is 0 Å². The van der Waals surface area contributed by atoms with Crippen LogP contribution in [0.3, 0.4) is 0 Å². The second kappa shape index (κ2) is 6.62. The normalized spacial score (nSPS) is 21.4. The zero-order valence-electron chi connectivity index (χ0n) is 15.1. The molecule has 2 heterocycles. The average molecular weight is 338 g/mol. The Kier molecular flexibility index (Phi) is 4.32. The minimum absolute atomic E-state index is 0.338. The molecule has 132 valence electrons. The van der Waals surface area contributed by atoms with Gasteiger partial charge in [-0.2, -0.15) is 5.10 Å². The van der Waals surface area contributed by atoms with Gasteiger partial charge in [0.15, 0.2) is 5.82 Å². The van der Waals surface area contributed by atoms with Crippen LogP contribution < -0.4 is 4.90 Å². The van der Waals surface area contributed by atoms with Crippen LogP contribution in [0.5, 0.6) is 0 Å². The summed E-state index contributed by atoms with van der Waals surface area (Å²) in [5.41, 5.74) is 0.955. The van der Waals surface area contributed by atoms with Crippen molar-refractivity contribution in [3.63, 3.8) is 0 Å². The zero-order valence-corrected chi connectivity index (χ0v) is 15.1. The van der Waals surface area contributed by atoms with E-state index in [4.69, 9.17) is 0 Å². The lowest BCUT2D eigenvalue weighted by Gasteiger charge is -2.26. The third kappa shape index (κ3) is 3.08. The maximum Gasteiger partial charge on any atom is 0.223 e. The SMILES string of the molecule is Cc1nnc(N(C)CC2CC(=O)N(C3CCCC3)C2)c2ccccc12. The molecule has 2 aliphatic rings. The second-order valence-electron chi connectivity index (χ2n) is 7.59. The molecule has 0 spiro atoms. The molecule has 1 aromatic heterocycles. The van der Waals surface area contributed by atoms with Gasteiger partial charge in [0.1, 0.15) is 0 Å². The minimum Gasteiger partial charge on any atom is -0.357 e. The van der Waals surface area contributed by atoms with Crippen molar-refractivity contribution in [1.29, 1.82) is 0 Å². The quantitative estimate of drug-likeness (QED) is 0.859. The first kappa shape index (κ1) is 16.3. The Labute approximate surface area is 149 Å². The minimum atomic E-state index is 0.338. The van der Waals surface area contributed by atoms with Gasteiger partial charge in [0.2, 0.25) is 5.91 Å². The molecule has 4 rings (SSSR count). The van der Waals surface area contributed by atoms with Crippen molar-refractivity contribution >= 4 is 22.5 Å². The Balaban J connectivity index is 1.50. The molecule has 1 unspecified atom stereocenters. The highest BCUT2D eigenvalue weighted by molar-refractivity contribution is 5.93. The van der Waals surface area contributed by atoms with Gasteiger partial charge in [-0.3, -0.25) is 4.79 Å². The van der Waals surface area contributed by atoms with E-state index in [1.807, 2.05) is 19.1 Å². The number of hydrogen-bond acceptors (Lipinski definition) is 4. The van der Waals surface area contributed by atoms with E-state index in [0.29, 0.717) is 24.3 Å². The van der Waals surface area contributed by atoms with Crippen LogP contribution in [-0.4, -0.2) is 47.2 Å². The average Bonchev–Trinajstić information content (AvgIpc) is 3.25. The molecule has 0 radical (unpaired) electrons. The predicted octanol–water partition coefficient (Wildman–Crippen LogP) is 3.17. The molecule has 5 heteroatoms. The molecule has 0 bridgehead atoms. The number of aromatic nitrogens is 2. The van der Waals surface area contributed by atoms with Gasteiger partial charge in [-0.1, -0.05) is 37.1 Å². The van der Waals surface area contributed by atoms with Crippen LogP contribution in [-0.2, 0) is 4.79 Å². The van der Waals surface area contributed by atoms with Crippen molar-refractivity contribution in [1.82, 2.24) is 15.1 Å². The first-order valence-electron chi connectivity index (χ1n) is 9.36. The number of nitrogens with zero attached hydrogens (tertiary/aromatic N) is 4. The molecule has 1 saturated carbocycles. The van der Waals surface area contributed by atoms with E-state index in [1.165, 1.54) is 25.7 Å². The summed E-state index contributed by atoms with van der Waals surface area (Å²) in [7, 11) is 2.06. The first-order valence-corrected chi connectivity index (χ1v) is 9.36. The van der Waals surface area contributed by atoms with E-state index in [0.717, 1.165) is 35.4 Å². The fraction of sp³-hybridized carbons (Fsp3) is 0.550. The summed E-state index contributed by atoms with van der Waals surface area (Å²) >= 11 is 0. The number of anilines is 1. The summed E-state index contributed by atoms with van der Waals surface area (Å²) in [6, 6.07) is 8.77. The summed E-state index contributed by atoms with van der Waals surface area (Å²) < 4.78 is 0. The van der Waals surface area contributed by atoms with Crippen molar-refractivity contribution in [2.24, 2.45) is 5.92 Å². The van der Waals surface area contributed by atoms with Crippen LogP contribution >= 0.6 is 0 Å². The number of aryl methyl sites for hydroxylation is 1. The molecule has 1 saturated heterocycles. The van der Waals surface area contributed by atoms with E-state index in [9.17, 15) is 4.79 Å². The number of likely N-dealkylation sites (tertiary alicyclic amines) is 1. The van der Waals surface area contributed by atoms with E-state index >= 15 is 0 Å². The molecular formula is C20H26N4O.